The second-order valence-electron chi connectivity index (χ2n) is 4.43. The van der Waals surface area contributed by atoms with Crippen LogP contribution in [0, 0.1) is 0 Å². The average Bonchev–Trinajstić information content (AvgIpc) is 2.34. The summed E-state index contributed by atoms with van der Waals surface area (Å²) >= 11 is 0. The Kier molecular flexibility index (Phi) is 17.3. The second kappa shape index (κ2) is 15.2. The number of unbranched alkanes of at least 4 members (excludes halogenated alkanes) is 6. The molecule has 102 valence electrons. The quantitative estimate of drug-likeness (QED) is 0.250. The normalized spacial score (nSPS) is 9.67. The molecule has 0 aliphatic rings. The summed E-state index contributed by atoms with van der Waals surface area (Å²) in [6.07, 6.45) is 8.66. The van der Waals surface area contributed by atoms with Crippen LogP contribution in [0.5, 0.6) is 0 Å². The molecule has 0 spiro atoms. The fraction of sp³-hybridized carbons (Fsp3) is 0.857. The fourth-order valence-electron chi connectivity index (χ4n) is 1.59. The van der Waals surface area contributed by atoms with Gasteiger partial charge in [-0.3, -0.25) is 4.79 Å². The third-order valence-electron chi connectivity index (χ3n) is 2.72. The summed E-state index contributed by atoms with van der Waals surface area (Å²) in [7, 11) is 0. The Labute approximate surface area is 133 Å². The van der Waals surface area contributed by atoms with Crippen LogP contribution in [0.4, 0.5) is 0 Å². The monoisotopic (exact) mass is 266 g/mol. The number of hydrogen-bond donors (Lipinski definition) is 0. The van der Waals surface area contributed by atoms with E-state index in [9.17, 15) is 9.59 Å². The van der Waals surface area contributed by atoms with Crippen molar-refractivity contribution in [1.29, 1.82) is 0 Å². The van der Waals surface area contributed by atoms with Crippen LogP contribution in [-0.4, -0.2) is 47.9 Å². The van der Waals surface area contributed by atoms with Gasteiger partial charge in [-0.25, -0.2) is 4.79 Å². The number of carbonyl (C=O) groups is 2. The Morgan fingerprint density at radius 2 is 1.39 bits per heavy atom. The van der Waals surface area contributed by atoms with Gasteiger partial charge in [0, 0.05) is 6.42 Å². The summed E-state index contributed by atoms with van der Waals surface area (Å²) in [5, 5.41) is 0. The van der Waals surface area contributed by atoms with Crippen molar-refractivity contribution >= 4 is 41.3 Å². The molecule has 4 heteroatoms. The Balaban J connectivity index is 0. The van der Waals surface area contributed by atoms with Gasteiger partial charge in [-0.1, -0.05) is 52.4 Å². The molecule has 0 aromatic rings. The molecule has 0 aromatic heterocycles. The zero-order valence-electron chi connectivity index (χ0n) is 11.3. The van der Waals surface area contributed by atoms with Crippen molar-refractivity contribution in [3.63, 3.8) is 0 Å². The van der Waals surface area contributed by atoms with E-state index >= 15 is 0 Å². The van der Waals surface area contributed by atoms with Crippen LogP contribution in [0.25, 0.3) is 0 Å². The Morgan fingerprint density at radius 3 is 1.94 bits per heavy atom. The van der Waals surface area contributed by atoms with Gasteiger partial charge in [0.2, 0.25) is 5.78 Å². The predicted octanol–water partition coefficient (Wildman–Crippen LogP) is 3.00. The molecule has 0 aliphatic heterocycles. The summed E-state index contributed by atoms with van der Waals surface area (Å²) in [5.74, 6) is -1.01. The van der Waals surface area contributed by atoms with Crippen molar-refractivity contribution in [2.24, 2.45) is 0 Å². The van der Waals surface area contributed by atoms with Gasteiger partial charge < -0.3 is 4.74 Å². The molecular formula is C14H27NaO3. The van der Waals surface area contributed by atoms with Crippen molar-refractivity contribution in [3.8, 4) is 0 Å². The number of ketones is 1. The molecule has 0 bridgehead atoms. The minimum absolute atomic E-state index is 0. The summed E-state index contributed by atoms with van der Waals surface area (Å²) < 4.78 is 4.92. The van der Waals surface area contributed by atoms with Gasteiger partial charge in [0.1, 0.15) is 0 Å². The topological polar surface area (TPSA) is 43.4 Å². The number of ether oxygens (including phenoxy) is 1. The third-order valence-corrected chi connectivity index (χ3v) is 2.72. The Bertz CT molecular complexity index is 217. The zero-order valence-corrected chi connectivity index (χ0v) is 11.3. The maximum atomic E-state index is 11.4. The van der Waals surface area contributed by atoms with E-state index in [1.54, 1.807) is 0 Å². The van der Waals surface area contributed by atoms with Gasteiger partial charge in [0.25, 0.3) is 0 Å². The van der Waals surface area contributed by atoms with Gasteiger partial charge >= 0.3 is 35.5 Å². The Morgan fingerprint density at radius 1 is 0.833 bits per heavy atom. The van der Waals surface area contributed by atoms with Gasteiger partial charge in [-0.2, -0.15) is 0 Å². The zero-order chi connectivity index (χ0) is 12.9. The van der Waals surface area contributed by atoms with Crippen LogP contribution < -0.4 is 0 Å². The average molecular weight is 266 g/mol. The first kappa shape index (κ1) is 20.5. The van der Waals surface area contributed by atoms with Crippen LogP contribution >= 0.6 is 0 Å². The molecular weight excluding hydrogens is 239 g/mol. The Hall–Kier alpha value is 0.140. The molecule has 0 unspecified atom stereocenters. The first-order chi connectivity index (χ1) is 8.22. The number of rotatable bonds is 11. The number of hydrogen-bond acceptors (Lipinski definition) is 3. The van der Waals surface area contributed by atoms with Crippen molar-refractivity contribution in [3.05, 3.63) is 0 Å². The summed E-state index contributed by atoms with van der Waals surface area (Å²) in [4.78, 5) is 22.6. The molecule has 0 saturated heterocycles. The van der Waals surface area contributed by atoms with Gasteiger partial charge in [0.05, 0.1) is 6.61 Å². The molecule has 0 amide bonds. The van der Waals surface area contributed by atoms with Crippen LogP contribution in [0.3, 0.4) is 0 Å². The van der Waals surface area contributed by atoms with Crippen molar-refractivity contribution in [1.82, 2.24) is 0 Å². The molecule has 0 rings (SSSR count). The van der Waals surface area contributed by atoms with Crippen LogP contribution in [-0.2, 0) is 14.3 Å². The van der Waals surface area contributed by atoms with Gasteiger partial charge in [-0.05, 0) is 12.8 Å². The van der Waals surface area contributed by atoms with Gasteiger partial charge in [0.15, 0.2) is 0 Å². The molecule has 18 heavy (non-hydrogen) atoms. The number of carbonyl (C=O) groups excluding carboxylic acids is 2. The minimum atomic E-state index is -0.641. The first-order valence-electron chi connectivity index (χ1n) is 6.92. The standard InChI is InChI=1S/C14H26O3.Na.H/c1-3-5-7-9-11-13(15)14(16)17-12-10-8-6-4-2;;/h3-12H2,1-2H3;;. The van der Waals surface area contributed by atoms with Crippen molar-refractivity contribution < 1.29 is 14.3 Å². The summed E-state index contributed by atoms with van der Waals surface area (Å²) in [6.45, 7) is 4.64. The predicted molar refractivity (Wildman–Crippen MR) is 76.0 cm³/mol. The van der Waals surface area contributed by atoms with E-state index in [4.69, 9.17) is 4.74 Å². The molecule has 0 atom stereocenters. The maximum absolute atomic E-state index is 11.4. The third kappa shape index (κ3) is 12.6. The summed E-state index contributed by atoms with van der Waals surface area (Å²) in [5.41, 5.74) is 0. The number of esters is 1. The van der Waals surface area contributed by atoms with Crippen LogP contribution in [0.1, 0.15) is 71.6 Å². The second-order valence-corrected chi connectivity index (χ2v) is 4.43. The van der Waals surface area contributed by atoms with E-state index in [1.165, 1.54) is 0 Å². The summed E-state index contributed by atoms with van der Waals surface area (Å²) in [6, 6.07) is 0. The molecule has 0 N–H and O–H groups in total. The van der Waals surface area contributed by atoms with E-state index in [0.29, 0.717) is 13.0 Å². The SMILES string of the molecule is CCCCCCOC(=O)C(=O)CCCCCC.[NaH]. The van der Waals surface area contributed by atoms with Crippen molar-refractivity contribution in [2.75, 3.05) is 6.61 Å². The van der Waals surface area contributed by atoms with Crippen LogP contribution in [0.15, 0.2) is 0 Å². The molecule has 3 nitrogen and oxygen atoms in total. The van der Waals surface area contributed by atoms with Crippen LogP contribution in [0.2, 0.25) is 0 Å². The van der Waals surface area contributed by atoms with E-state index in [2.05, 4.69) is 13.8 Å². The van der Waals surface area contributed by atoms with E-state index in [1.807, 2.05) is 0 Å². The number of Topliss-reactive ketones (excluding diaryl/α,β-unsaturated/α-hetero) is 1. The molecule has 0 saturated carbocycles. The molecule has 0 aliphatic carbocycles. The molecule has 0 radical (unpaired) electrons. The molecule has 0 fully saturated rings. The van der Waals surface area contributed by atoms with Crippen molar-refractivity contribution in [2.45, 2.75) is 71.6 Å². The van der Waals surface area contributed by atoms with Gasteiger partial charge in [-0.15, -0.1) is 0 Å². The van der Waals surface area contributed by atoms with E-state index in [-0.39, 0.29) is 35.3 Å². The molecule has 0 aromatic carbocycles. The molecule has 0 heterocycles. The fourth-order valence-corrected chi connectivity index (χ4v) is 1.59. The van der Waals surface area contributed by atoms with E-state index in [0.717, 1.165) is 51.4 Å². The van der Waals surface area contributed by atoms with E-state index < -0.39 is 5.97 Å². The first-order valence-corrected chi connectivity index (χ1v) is 6.92.